The number of amides is 2. The van der Waals surface area contributed by atoms with Gasteiger partial charge in [-0.05, 0) is 44.5 Å². The van der Waals surface area contributed by atoms with E-state index >= 15 is 0 Å². The maximum Gasteiger partial charge on any atom is 0.319 e. The van der Waals surface area contributed by atoms with Gasteiger partial charge in [0.15, 0.2) is 0 Å². The van der Waals surface area contributed by atoms with Gasteiger partial charge in [-0.3, -0.25) is 4.90 Å². The monoisotopic (exact) mass is 292 g/mol. The second-order valence-electron chi connectivity index (χ2n) is 5.20. The molecule has 2 rings (SSSR count). The third-order valence-corrected chi connectivity index (χ3v) is 3.84. The highest BCUT2D eigenvalue weighted by molar-refractivity contribution is 5.90. The first-order valence-electron chi connectivity index (χ1n) is 7.52. The summed E-state index contributed by atoms with van der Waals surface area (Å²) in [6, 6.07) is 3.72. The van der Waals surface area contributed by atoms with Gasteiger partial charge in [0.1, 0.15) is 5.69 Å². The molecule has 2 amide bonds. The van der Waals surface area contributed by atoms with Crippen LogP contribution in [0, 0.1) is 0 Å². The molecule has 1 aliphatic rings. The Morgan fingerprint density at radius 2 is 2.24 bits per heavy atom. The fourth-order valence-corrected chi connectivity index (χ4v) is 2.66. The molecule has 1 aliphatic heterocycles. The molecule has 0 aromatic carbocycles. The average molecular weight is 292 g/mol. The van der Waals surface area contributed by atoms with Crippen LogP contribution in [0.15, 0.2) is 18.3 Å². The molecule has 2 heterocycles. The van der Waals surface area contributed by atoms with Crippen molar-refractivity contribution >= 4 is 11.7 Å². The number of ether oxygens (including phenoxy) is 1. The first-order valence-corrected chi connectivity index (χ1v) is 7.52. The first kappa shape index (κ1) is 15.6. The summed E-state index contributed by atoms with van der Waals surface area (Å²) in [4.78, 5) is 18.5. The zero-order valence-electron chi connectivity index (χ0n) is 12.8. The number of rotatable bonds is 6. The second-order valence-corrected chi connectivity index (χ2v) is 5.20. The Bertz CT molecular complexity index is 461. The molecule has 21 heavy (non-hydrogen) atoms. The van der Waals surface area contributed by atoms with Crippen LogP contribution in [0.25, 0.3) is 0 Å². The molecule has 0 bridgehead atoms. The van der Waals surface area contributed by atoms with Gasteiger partial charge in [-0.2, -0.15) is 0 Å². The fourth-order valence-electron chi connectivity index (χ4n) is 2.66. The maximum atomic E-state index is 12.0. The van der Waals surface area contributed by atoms with E-state index in [9.17, 15) is 4.79 Å². The van der Waals surface area contributed by atoms with Crippen LogP contribution >= 0.6 is 0 Å². The number of pyridine rings is 1. The number of likely N-dealkylation sites (tertiary alicyclic amines) is 1. The van der Waals surface area contributed by atoms with Crippen LogP contribution in [0.5, 0.6) is 5.88 Å². The lowest BCUT2D eigenvalue weighted by molar-refractivity contribution is 0.222. The topological polar surface area (TPSA) is 66.5 Å². The average Bonchev–Trinajstić information content (AvgIpc) is 3.03. The molecule has 0 aliphatic carbocycles. The van der Waals surface area contributed by atoms with Crippen molar-refractivity contribution in [3.8, 4) is 5.88 Å². The van der Waals surface area contributed by atoms with Crippen LogP contribution in [-0.2, 0) is 0 Å². The number of carbonyl (C=O) groups excluding carboxylic acids is 1. The highest BCUT2D eigenvalue weighted by Crippen LogP contribution is 2.19. The summed E-state index contributed by atoms with van der Waals surface area (Å²) < 4.78 is 5.11. The molecule has 2 N–H and O–H groups in total. The Balaban J connectivity index is 1.83. The molecule has 1 fully saturated rings. The number of nitrogens with one attached hydrogen (secondary N) is 2. The summed E-state index contributed by atoms with van der Waals surface area (Å²) in [5.41, 5.74) is 0.576. The molecule has 1 unspecified atom stereocenters. The Hall–Kier alpha value is -1.82. The minimum atomic E-state index is -0.223. The summed E-state index contributed by atoms with van der Waals surface area (Å²) in [6.45, 7) is 5.09. The number of urea groups is 1. The van der Waals surface area contributed by atoms with Crippen LogP contribution in [0.3, 0.4) is 0 Å². The molecular formula is C15H24N4O2. The number of anilines is 1. The van der Waals surface area contributed by atoms with Crippen molar-refractivity contribution in [1.29, 1.82) is 0 Å². The van der Waals surface area contributed by atoms with E-state index in [0.717, 1.165) is 19.5 Å². The molecular weight excluding hydrogens is 268 g/mol. The van der Waals surface area contributed by atoms with E-state index in [0.29, 0.717) is 24.2 Å². The molecule has 116 valence electrons. The van der Waals surface area contributed by atoms with Crippen molar-refractivity contribution in [2.75, 3.05) is 32.1 Å². The molecule has 1 aromatic rings. The lowest BCUT2D eigenvalue weighted by Crippen LogP contribution is -2.43. The van der Waals surface area contributed by atoms with Gasteiger partial charge in [0, 0.05) is 18.8 Å². The minimum Gasteiger partial charge on any atom is -0.480 e. The molecule has 1 saturated heterocycles. The van der Waals surface area contributed by atoms with E-state index in [1.54, 1.807) is 18.3 Å². The number of nitrogens with zero attached hydrogens (tertiary/aromatic N) is 2. The van der Waals surface area contributed by atoms with Crippen molar-refractivity contribution < 1.29 is 9.53 Å². The van der Waals surface area contributed by atoms with E-state index < -0.39 is 0 Å². The largest absolute Gasteiger partial charge is 0.480 e. The Labute approximate surface area is 125 Å². The van der Waals surface area contributed by atoms with Gasteiger partial charge in [-0.25, -0.2) is 9.78 Å². The smallest absolute Gasteiger partial charge is 0.319 e. The van der Waals surface area contributed by atoms with Gasteiger partial charge in [0.25, 0.3) is 0 Å². The number of methoxy groups -OCH3 is 1. The second kappa shape index (κ2) is 7.83. The predicted molar refractivity (Wildman–Crippen MR) is 82.7 cm³/mol. The number of hydrogen-bond acceptors (Lipinski definition) is 4. The van der Waals surface area contributed by atoms with Gasteiger partial charge in [-0.15, -0.1) is 0 Å². The fraction of sp³-hybridized carbons (Fsp3) is 0.600. The van der Waals surface area contributed by atoms with Crippen LogP contribution < -0.4 is 15.4 Å². The molecule has 0 saturated carbocycles. The Morgan fingerprint density at radius 3 is 2.90 bits per heavy atom. The highest BCUT2D eigenvalue weighted by Gasteiger charge is 2.20. The molecule has 1 aromatic heterocycles. The van der Waals surface area contributed by atoms with Crippen molar-refractivity contribution in [3.63, 3.8) is 0 Å². The van der Waals surface area contributed by atoms with Gasteiger partial charge >= 0.3 is 6.03 Å². The van der Waals surface area contributed by atoms with Crippen molar-refractivity contribution in [3.05, 3.63) is 18.3 Å². The van der Waals surface area contributed by atoms with Gasteiger partial charge in [0.2, 0.25) is 5.88 Å². The highest BCUT2D eigenvalue weighted by atomic mass is 16.5. The number of hydrogen-bond donors (Lipinski definition) is 2. The normalized spacial score (nSPS) is 16.5. The summed E-state index contributed by atoms with van der Waals surface area (Å²) in [6.07, 6.45) is 5.18. The first-order chi connectivity index (χ1) is 10.2. The maximum absolute atomic E-state index is 12.0. The Morgan fingerprint density at radius 1 is 1.48 bits per heavy atom. The molecule has 0 spiro atoms. The van der Waals surface area contributed by atoms with Crippen LogP contribution in [0.4, 0.5) is 10.5 Å². The Kier molecular flexibility index (Phi) is 5.80. The van der Waals surface area contributed by atoms with Crippen molar-refractivity contribution in [2.45, 2.75) is 32.2 Å². The lowest BCUT2D eigenvalue weighted by atomic mass is 10.2. The summed E-state index contributed by atoms with van der Waals surface area (Å²) in [5, 5.41) is 5.71. The molecule has 0 radical (unpaired) electrons. The van der Waals surface area contributed by atoms with Gasteiger partial charge in [0.05, 0.1) is 7.11 Å². The summed E-state index contributed by atoms with van der Waals surface area (Å²) in [5.74, 6) is 0.416. The zero-order chi connectivity index (χ0) is 15.1. The van der Waals surface area contributed by atoms with Gasteiger partial charge in [-0.1, -0.05) is 6.92 Å². The van der Waals surface area contributed by atoms with E-state index in [-0.39, 0.29) is 6.03 Å². The van der Waals surface area contributed by atoms with Crippen LogP contribution in [-0.4, -0.2) is 48.7 Å². The predicted octanol–water partition coefficient (Wildman–Crippen LogP) is 2.09. The van der Waals surface area contributed by atoms with Crippen LogP contribution in [0.2, 0.25) is 0 Å². The molecule has 6 nitrogen and oxygen atoms in total. The van der Waals surface area contributed by atoms with Gasteiger partial charge < -0.3 is 15.4 Å². The number of aromatic nitrogens is 1. The summed E-state index contributed by atoms with van der Waals surface area (Å²) in [7, 11) is 1.53. The zero-order valence-corrected chi connectivity index (χ0v) is 12.8. The molecule has 1 atom stereocenters. The minimum absolute atomic E-state index is 0.223. The standard InChI is InChI=1S/C15H24N4O2/c1-3-12(19-9-4-5-10-19)11-17-15(20)18-13-7-6-8-16-14(13)21-2/h6-8,12H,3-5,9-11H2,1-2H3,(H2,17,18,20). The van der Waals surface area contributed by atoms with Crippen LogP contribution in [0.1, 0.15) is 26.2 Å². The van der Waals surface area contributed by atoms with E-state index in [1.165, 1.54) is 20.0 Å². The van der Waals surface area contributed by atoms with E-state index in [4.69, 9.17) is 4.74 Å². The quantitative estimate of drug-likeness (QED) is 0.842. The van der Waals surface area contributed by atoms with Crippen molar-refractivity contribution in [1.82, 2.24) is 15.2 Å². The lowest BCUT2D eigenvalue weighted by Gasteiger charge is -2.26. The van der Waals surface area contributed by atoms with E-state index in [1.807, 2.05) is 0 Å². The van der Waals surface area contributed by atoms with Crippen molar-refractivity contribution in [2.24, 2.45) is 0 Å². The SMILES string of the molecule is CCC(CNC(=O)Nc1cccnc1OC)N1CCCC1. The third-order valence-electron chi connectivity index (χ3n) is 3.84. The molecule has 6 heteroatoms. The summed E-state index contributed by atoms with van der Waals surface area (Å²) >= 11 is 0. The van der Waals surface area contributed by atoms with E-state index in [2.05, 4.69) is 27.4 Å². The third kappa shape index (κ3) is 4.32. The number of carbonyl (C=O) groups is 1.